The largest absolute Gasteiger partial charge is 0.378 e. The number of amides is 2. The van der Waals surface area contributed by atoms with Crippen LogP contribution in [-0.4, -0.2) is 43.1 Å². The van der Waals surface area contributed by atoms with Gasteiger partial charge in [-0.15, -0.1) is 11.3 Å². The molecule has 0 aliphatic carbocycles. The Labute approximate surface area is 156 Å². The molecule has 126 valence electrons. The summed E-state index contributed by atoms with van der Waals surface area (Å²) >= 11 is 3.53. The molecule has 0 spiro atoms. The molecule has 9 heteroatoms. The number of morpholine rings is 1. The van der Waals surface area contributed by atoms with Crippen molar-refractivity contribution in [2.24, 2.45) is 0 Å². The van der Waals surface area contributed by atoms with Gasteiger partial charge >= 0.3 is 0 Å². The third kappa shape index (κ3) is 4.22. The van der Waals surface area contributed by atoms with Crippen molar-refractivity contribution in [1.29, 1.82) is 0 Å². The molecule has 2 aromatic rings. The van der Waals surface area contributed by atoms with Crippen molar-refractivity contribution < 1.29 is 14.3 Å². The minimum Gasteiger partial charge on any atom is -0.378 e. The molecule has 3 rings (SSSR count). The topological polar surface area (TPSA) is 83.6 Å². The zero-order valence-electron chi connectivity index (χ0n) is 12.6. The fourth-order valence-electron chi connectivity index (χ4n) is 2.15. The first-order chi connectivity index (χ1) is 11.6. The molecule has 24 heavy (non-hydrogen) atoms. The van der Waals surface area contributed by atoms with Gasteiger partial charge < -0.3 is 9.64 Å². The number of nitrogens with one attached hydrogen (secondary N) is 2. The second-order valence-corrected chi connectivity index (χ2v) is 7.12. The van der Waals surface area contributed by atoms with E-state index in [-0.39, 0.29) is 11.6 Å². The van der Waals surface area contributed by atoms with Gasteiger partial charge in [-0.05, 0) is 40.8 Å². The van der Waals surface area contributed by atoms with E-state index >= 15 is 0 Å². The Balaban J connectivity index is 1.57. The standard InChI is InChI=1S/C15H15IN4O3S/c16-11-3-1-2-10(8-11)13(21)18-19-14(22)12-9-24-15(17-12)20-4-6-23-7-5-20/h1-3,8-9H,4-7H2,(H,18,21)(H,19,22). The van der Waals surface area contributed by atoms with Crippen LogP contribution in [0.5, 0.6) is 0 Å². The Morgan fingerprint density at radius 2 is 1.96 bits per heavy atom. The predicted molar refractivity (Wildman–Crippen MR) is 99.2 cm³/mol. The van der Waals surface area contributed by atoms with Crippen molar-refractivity contribution in [3.8, 4) is 0 Å². The van der Waals surface area contributed by atoms with Gasteiger partial charge in [-0.25, -0.2) is 4.98 Å². The lowest BCUT2D eigenvalue weighted by Crippen LogP contribution is -2.42. The summed E-state index contributed by atoms with van der Waals surface area (Å²) in [6.07, 6.45) is 0. The lowest BCUT2D eigenvalue weighted by atomic mass is 10.2. The summed E-state index contributed by atoms with van der Waals surface area (Å²) in [5.74, 6) is -0.810. The number of rotatable bonds is 3. The summed E-state index contributed by atoms with van der Waals surface area (Å²) in [7, 11) is 0. The number of carbonyl (C=O) groups excluding carboxylic acids is 2. The Hall–Kier alpha value is -1.72. The fourth-order valence-corrected chi connectivity index (χ4v) is 3.55. The molecule has 0 unspecified atom stereocenters. The second kappa shape index (κ2) is 7.90. The van der Waals surface area contributed by atoms with Gasteiger partial charge in [0.2, 0.25) is 0 Å². The van der Waals surface area contributed by atoms with Crippen molar-refractivity contribution in [3.63, 3.8) is 0 Å². The van der Waals surface area contributed by atoms with Gasteiger partial charge in [0.1, 0.15) is 5.69 Å². The van der Waals surface area contributed by atoms with Crippen LogP contribution in [0.2, 0.25) is 0 Å². The molecule has 2 N–H and O–H groups in total. The number of hydrogen-bond donors (Lipinski definition) is 2. The molecule has 2 heterocycles. The van der Waals surface area contributed by atoms with Gasteiger partial charge in [0.05, 0.1) is 13.2 Å². The molecular weight excluding hydrogens is 443 g/mol. The first kappa shape index (κ1) is 17.1. The fraction of sp³-hybridized carbons (Fsp3) is 0.267. The highest BCUT2D eigenvalue weighted by molar-refractivity contribution is 14.1. The Bertz CT molecular complexity index is 746. The number of hydrogen-bond acceptors (Lipinski definition) is 6. The Morgan fingerprint density at radius 3 is 2.71 bits per heavy atom. The highest BCUT2D eigenvalue weighted by Gasteiger charge is 2.18. The SMILES string of the molecule is O=C(NNC(=O)c1csc(N2CCOCC2)n1)c1cccc(I)c1. The van der Waals surface area contributed by atoms with Gasteiger partial charge in [0, 0.05) is 27.6 Å². The Kier molecular flexibility index (Phi) is 5.63. The van der Waals surface area contributed by atoms with Gasteiger partial charge in [-0.1, -0.05) is 6.07 Å². The highest BCUT2D eigenvalue weighted by Crippen LogP contribution is 2.21. The van der Waals surface area contributed by atoms with Crippen LogP contribution in [-0.2, 0) is 4.74 Å². The maximum atomic E-state index is 12.1. The van der Waals surface area contributed by atoms with E-state index in [4.69, 9.17) is 4.74 Å². The van der Waals surface area contributed by atoms with E-state index in [0.717, 1.165) is 21.8 Å². The van der Waals surface area contributed by atoms with Crippen LogP contribution >= 0.6 is 33.9 Å². The van der Waals surface area contributed by atoms with E-state index in [1.807, 2.05) is 6.07 Å². The molecule has 1 aliphatic heterocycles. The van der Waals surface area contributed by atoms with E-state index in [9.17, 15) is 9.59 Å². The third-order valence-corrected chi connectivity index (χ3v) is 4.96. The van der Waals surface area contributed by atoms with Gasteiger partial charge in [0.25, 0.3) is 11.8 Å². The summed E-state index contributed by atoms with van der Waals surface area (Å²) in [6.45, 7) is 2.84. The van der Waals surface area contributed by atoms with Crippen molar-refractivity contribution >= 4 is 50.9 Å². The molecular formula is C15H15IN4O3S. The lowest BCUT2D eigenvalue weighted by molar-refractivity contribution is 0.0844. The number of ether oxygens (including phenoxy) is 1. The van der Waals surface area contributed by atoms with E-state index in [1.165, 1.54) is 11.3 Å². The molecule has 0 bridgehead atoms. The molecule has 1 saturated heterocycles. The summed E-state index contributed by atoms with van der Waals surface area (Å²) in [6, 6.07) is 7.09. The number of hydrazine groups is 1. The van der Waals surface area contributed by atoms with Crippen molar-refractivity contribution in [1.82, 2.24) is 15.8 Å². The first-order valence-electron chi connectivity index (χ1n) is 7.28. The van der Waals surface area contributed by atoms with Crippen molar-refractivity contribution in [2.75, 3.05) is 31.2 Å². The van der Waals surface area contributed by atoms with Crippen molar-refractivity contribution in [2.45, 2.75) is 0 Å². The molecule has 0 radical (unpaired) electrons. The van der Waals surface area contributed by atoms with Crippen LogP contribution in [0.4, 0.5) is 5.13 Å². The van der Waals surface area contributed by atoms with E-state index in [1.54, 1.807) is 23.6 Å². The maximum absolute atomic E-state index is 12.1. The number of halogens is 1. The van der Waals surface area contributed by atoms with Crippen LogP contribution in [0, 0.1) is 3.57 Å². The van der Waals surface area contributed by atoms with E-state index < -0.39 is 5.91 Å². The van der Waals surface area contributed by atoms with Crippen LogP contribution in [0.1, 0.15) is 20.8 Å². The summed E-state index contributed by atoms with van der Waals surface area (Å²) in [4.78, 5) is 30.5. The second-order valence-electron chi connectivity index (χ2n) is 5.03. The molecule has 2 amide bonds. The summed E-state index contributed by atoms with van der Waals surface area (Å²) in [5, 5.41) is 2.46. The summed E-state index contributed by atoms with van der Waals surface area (Å²) in [5.41, 5.74) is 5.56. The van der Waals surface area contributed by atoms with E-state index in [2.05, 4.69) is 43.3 Å². The monoisotopic (exact) mass is 458 g/mol. The minimum absolute atomic E-state index is 0.282. The number of nitrogens with zero attached hydrogens (tertiary/aromatic N) is 2. The number of anilines is 1. The average Bonchev–Trinajstić information content (AvgIpc) is 3.10. The molecule has 1 aromatic carbocycles. The maximum Gasteiger partial charge on any atom is 0.289 e. The van der Waals surface area contributed by atoms with Gasteiger partial charge in [-0.2, -0.15) is 0 Å². The summed E-state index contributed by atoms with van der Waals surface area (Å²) < 4.78 is 6.24. The number of aromatic nitrogens is 1. The lowest BCUT2D eigenvalue weighted by Gasteiger charge is -2.25. The van der Waals surface area contributed by atoms with Crippen LogP contribution < -0.4 is 15.8 Å². The predicted octanol–water partition coefficient (Wildman–Crippen LogP) is 1.66. The van der Waals surface area contributed by atoms with E-state index in [0.29, 0.717) is 18.8 Å². The van der Waals surface area contributed by atoms with Crippen LogP contribution in [0.15, 0.2) is 29.6 Å². The van der Waals surface area contributed by atoms with Gasteiger partial charge in [-0.3, -0.25) is 20.4 Å². The zero-order chi connectivity index (χ0) is 16.9. The molecule has 0 saturated carbocycles. The average molecular weight is 458 g/mol. The molecule has 1 aliphatic rings. The first-order valence-corrected chi connectivity index (χ1v) is 9.24. The molecule has 7 nitrogen and oxygen atoms in total. The third-order valence-electron chi connectivity index (χ3n) is 3.38. The molecule has 0 atom stereocenters. The molecule has 1 fully saturated rings. The van der Waals surface area contributed by atoms with Crippen molar-refractivity contribution in [3.05, 3.63) is 44.5 Å². The zero-order valence-corrected chi connectivity index (χ0v) is 15.6. The normalized spacial score (nSPS) is 14.3. The smallest absolute Gasteiger partial charge is 0.289 e. The quantitative estimate of drug-likeness (QED) is 0.540. The van der Waals surface area contributed by atoms with Gasteiger partial charge in [0.15, 0.2) is 5.13 Å². The van der Waals surface area contributed by atoms with Crippen LogP contribution in [0.25, 0.3) is 0 Å². The molecule has 1 aromatic heterocycles. The Morgan fingerprint density at radius 1 is 1.21 bits per heavy atom. The highest BCUT2D eigenvalue weighted by atomic mass is 127. The number of benzene rings is 1. The number of thiazole rings is 1. The minimum atomic E-state index is -0.440. The van der Waals surface area contributed by atoms with Crippen LogP contribution in [0.3, 0.4) is 0 Å². The number of carbonyl (C=O) groups is 2.